The molecule has 4 rings (SSSR count). The number of hydrogen-bond donors (Lipinski definition) is 0. The molecule has 0 bridgehead atoms. The van der Waals surface area contributed by atoms with Gasteiger partial charge >= 0.3 is 5.97 Å². The highest BCUT2D eigenvalue weighted by Crippen LogP contribution is 2.34. The highest BCUT2D eigenvalue weighted by molar-refractivity contribution is 8.00. The topological polar surface area (TPSA) is 61.2 Å². The van der Waals surface area contributed by atoms with E-state index < -0.39 is 0 Å². The van der Waals surface area contributed by atoms with Crippen LogP contribution in [0.25, 0.3) is 20.7 Å². The zero-order chi connectivity index (χ0) is 17.4. The van der Waals surface area contributed by atoms with Crippen molar-refractivity contribution < 1.29 is 9.53 Å². The number of carbonyl (C=O) groups is 1. The Balaban J connectivity index is 1.81. The Morgan fingerprint density at radius 3 is 2.80 bits per heavy atom. The van der Waals surface area contributed by atoms with Crippen molar-refractivity contribution in [3.05, 3.63) is 46.8 Å². The van der Waals surface area contributed by atoms with Gasteiger partial charge in [0.2, 0.25) is 0 Å². The lowest BCUT2D eigenvalue weighted by Gasteiger charge is -2.11. The quantitative estimate of drug-likeness (QED) is 0.518. The number of thiophene rings is 1. The van der Waals surface area contributed by atoms with Gasteiger partial charge in [0.05, 0.1) is 12.0 Å². The smallest absolute Gasteiger partial charge is 0.319 e. The molecule has 0 aliphatic carbocycles. The molecule has 1 aliphatic rings. The second-order valence-electron chi connectivity index (χ2n) is 5.70. The van der Waals surface area contributed by atoms with Gasteiger partial charge in [0.1, 0.15) is 10.1 Å². The van der Waals surface area contributed by atoms with Gasteiger partial charge in [-0.25, -0.2) is 4.98 Å². The van der Waals surface area contributed by atoms with Gasteiger partial charge in [0, 0.05) is 17.8 Å². The van der Waals surface area contributed by atoms with Crippen LogP contribution in [0.15, 0.2) is 46.3 Å². The van der Waals surface area contributed by atoms with E-state index in [1.54, 1.807) is 4.57 Å². The summed E-state index contributed by atoms with van der Waals surface area (Å²) >= 11 is 2.83. The highest BCUT2D eigenvalue weighted by Gasteiger charge is 2.29. The molecule has 5 nitrogen and oxygen atoms in total. The number of thioether (sulfide) groups is 1. The summed E-state index contributed by atoms with van der Waals surface area (Å²) in [5, 5.41) is 0.935. The number of rotatable bonds is 4. The molecule has 1 atom stereocenters. The molecule has 3 aromatic rings. The lowest BCUT2D eigenvalue weighted by molar-refractivity contribution is -0.137. The first kappa shape index (κ1) is 16.4. The molecule has 25 heavy (non-hydrogen) atoms. The summed E-state index contributed by atoms with van der Waals surface area (Å²) in [7, 11) is 0. The van der Waals surface area contributed by atoms with E-state index in [4.69, 9.17) is 4.74 Å². The number of ether oxygens (including phenoxy) is 1. The predicted molar refractivity (Wildman–Crippen MR) is 100 cm³/mol. The number of benzene rings is 1. The molecule has 0 radical (unpaired) electrons. The summed E-state index contributed by atoms with van der Waals surface area (Å²) in [5.74, 6) is -0.224. The maximum atomic E-state index is 12.9. The number of carbonyl (C=O) groups excluding carboxylic acids is 1. The summed E-state index contributed by atoms with van der Waals surface area (Å²) < 4.78 is 6.66. The Morgan fingerprint density at radius 1 is 1.32 bits per heavy atom. The van der Waals surface area contributed by atoms with Crippen molar-refractivity contribution in [1.82, 2.24) is 9.55 Å². The molecule has 2 aromatic heterocycles. The third-order valence-electron chi connectivity index (χ3n) is 4.13. The van der Waals surface area contributed by atoms with Gasteiger partial charge in [-0.3, -0.25) is 14.2 Å². The normalized spacial score (nSPS) is 17.2. The molecule has 1 aromatic carbocycles. The van der Waals surface area contributed by atoms with Crippen molar-refractivity contribution in [2.45, 2.75) is 30.3 Å². The van der Waals surface area contributed by atoms with E-state index in [1.165, 1.54) is 23.1 Å². The Hall–Kier alpha value is -2.12. The number of cyclic esters (lactones) is 1. The van der Waals surface area contributed by atoms with Crippen LogP contribution >= 0.6 is 23.1 Å². The highest BCUT2D eigenvalue weighted by atomic mass is 32.2. The number of esters is 1. The molecule has 0 saturated carbocycles. The Morgan fingerprint density at radius 2 is 2.12 bits per heavy atom. The van der Waals surface area contributed by atoms with Crippen molar-refractivity contribution in [2.24, 2.45) is 0 Å². The number of nitrogens with zero attached hydrogens (tertiary/aromatic N) is 2. The first-order valence-corrected chi connectivity index (χ1v) is 9.80. The summed E-state index contributed by atoms with van der Waals surface area (Å²) in [6.45, 7) is 2.87. The van der Waals surface area contributed by atoms with Crippen LogP contribution in [0.5, 0.6) is 0 Å². The molecular weight excluding hydrogens is 356 g/mol. The minimum atomic E-state index is -0.282. The molecule has 1 fully saturated rings. The Bertz CT molecular complexity index is 995. The van der Waals surface area contributed by atoms with E-state index in [9.17, 15) is 9.59 Å². The first-order valence-electron chi connectivity index (χ1n) is 8.10. The fourth-order valence-electron chi connectivity index (χ4n) is 2.82. The zero-order valence-electron chi connectivity index (χ0n) is 13.6. The summed E-state index contributed by atoms with van der Waals surface area (Å²) in [6.07, 6.45) is 0.654. The van der Waals surface area contributed by atoms with E-state index in [0.717, 1.165) is 10.4 Å². The summed E-state index contributed by atoms with van der Waals surface area (Å²) in [5.41, 5.74) is 1.02. The minimum Gasteiger partial charge on any atom is -0.465 e. The minimum absolute atomic E-state index is 0.0557. The molecule has 0 unspecified atom stereocenters. The van der Waals surface area contributed by atoms with E-state index in [-0.39, 0.29) is 16.8 Å². The third-order valence-corrected chi connectivity index (χ3v) is 6.44. The second kappa shape index (κ2) is 6.65. The van der Waals surface area contributed by atoms with Crippen LogP contribution in [0.4, 0.5) is 0 Å². The van der Waals surface area contributed by atoms with Crippen molar-refractivity contribution >= 4 is 39.3 Å². The average Bonchev–Trinajstić information content (AvgIpc) is 3.23. The van der Waals surface area contributed by atoms with Gasteiger partial charge in [0.15, 0.2) is 5.16 Å². The number of hydrogen-bond acceptors (Lipinski definition) is 6. The van der Waals surface area contributed by atoms with E-state index in [0.29, 0.717) is 34.9 Å². The molecule has 128 valence electrons. The van der Waals surface area contributed by atoms with Crippen molar-refractivity contribution in [2.75, 3.05) is 6.61 Å². The van der Waals surface area contributed by atoms with E-state index in [2.05, 4.69) is 4.98 Å². The molecule has 7 heteroatoms. The van der Waals surface area contributed by atoms with Crippen LogP contribution in [0.1, 0.15) is 13.3 Å². The lowest BCUT2D eigenvalue weighted by atomic mass is 10.2. The molecule has 0 amide bonds. The maximum Gasteiger partial charge on any atom is 0.319 e. The van der Waals surface area contributed by atoms with Crippen LogP contribution < -0.4 is 5.56 Å². The largest absolute Gasteiger partial charge is 0.465 e. The zero-order valence-corrected chi connectivity index (χ0v) is 15.2. The van der Waals surface area contributed by atoms with E-state index >= 15 is 0 Å². The molecule has 0 spiro atoms. The first-order chi connectivity index (χ1) is 12.2. The molecule has 1 saturated heterocycles. The number of aromatic nitrogens is 2. The van der Waals surface area contributed by atoms with Gasteiger partial charge in [-0.2, -0.15) is 0 Å². The van der Waals surface area contributed by atoms with E-state index in [1.807, 2.05) is 43.3 Å². The van der Waals surface area contributed by atoms with Crippen LogP contribution in [0.2, 0.25) is 0 Å². The number of fused-ring (bicyclic) bond motifs is 1. The maximum absolute atomic E-state index is 12.9. The van der Waals surface area contributed by atoms with Gasteiger partial charge < -0.3 is 4.74 Å². The van der Waals surface area contributed by atoms with Crippen molar-refractivity contribution in [1.29, 1.82) is 0 Å². The standard InChI is InChI=1S/C18H16N2O3S2/c1-2-20-16(21)12-10-14(11-6-4-3-5-7-11)24-15(12)19-18(20)25-13-8-9-23-17(13)22/h3-7,10,13H,2,8-9H2,1H3/t13-/m0/s1. The van der Waals surface area contributed by atoms with Gasteiger partial charge in [-0.15, -0.1) is 11.3 Å². The fraction of sp³-hybridized carbons (Fsp3) is 0.278. The fourth-order valence-corrected chi connectivity index (χ4v) is 5.02. The van der Waals surface area contributed by atoms with Crippen LogP contribution in [0, 0.1) is 0 Å². The monoisotopic (exact) mass is 372 g/mol. The molecule has 1 aliphatic heterocycles. The van der Waals surface area contributed by atoms with Crippen LogP contribution in [-0.2, 0) is 16.1 Å². The van der Waals surface area contributed by atoms with Crippen LogP contribution in [0.3, 0.4) is 0 Å². The summed E-state index contributed by atoms with van der Waals surface area (Å²) in [6, 6.07) is 11.9. The van der Waals surface area contributed by atoms with Gasteiger partial charge in [0.25, 0.3) is 5.56 Å². The van der Waals surface area contributed by atoms with Crippen LogP contribution in [-0.4, -0.2) is 27.4 Å². The van der Waals surface area contributed by atoms with Gasteiger partial charge in [-0.1, -0.05) is 42.1 Å². The Labute approximate surface area is 152 Å². The third kappa shape index (κ3) is 2.98. The summed E-state index contributed by atoms with van der Waals surface area (Å²) in [4.78, 5) is 31.1. The predicted octanol–water partition coefficient (Wildman–Crippen LogP) is 3.55. The second-order valence-corrected chi connectivity index (χ2v) is 7.90. The average molecular weight is 372 g/mol. The molecule has 3 heterocycles. The molecular formula is C18H16N2O3S2. The lowest BCUT2D eigenvalue weighted by Crippen LogP contribution is -2.23. The SMILES string of the molecule is CCn1c(S[C@H]2CCOC2=O)nc2sc(-c3ccccc3)cc2c1=O. The Kier molecular flexibility index (Phi) is 4.35. The van der Waals surface area contributed by atoms with Crippen molar-refractivity contribution in [3.8, 4) is 10.4 Å². The molecule has 0 N–H and O–H groups in total. The van der Waals surface area contributed by atoms with Gasteiger partial charge in [-0.05, 0) is 18.6 Å². The van der Waals surface area contributed by atoms with Crippen molar-refractivity contribution in [3.63, 3.8) is 0 Å².